The summed E-state index contributed by atoms with van der Waals surface area (Å²) in [7, 11) is 0. The summed E-state index contributed by atoms with van der Waals surface area (Å²) in [5, 5.41) is 2.34. The van der Waals surface area contributed by atoms with Crippen LogP contribution in [-0.2, 0) is 6.42 Å². The van der Waals surface area contributed by atoms with Gasteiger partial charge in [0.25, 0.3) is 0 Å². The molecule has 4 rings (SSSR count). The molecule has 5 heteroatoms. The van der Waals surface area contributed by atoms with Crippen LogP contribution in [0.15, 0.2) is 72.8 Å². The average molecular weight is 452 g/mol. The number of fused-ring (bicyclic) bond motifs is 1. The minimum absolute atomic E-state index is 0.243. The standard InChI is InChI=1S/C28H24F4O/c1-2-3-4-5-18-6-7-23-15-22(13-12-21(23)14-18)19-8-10-20(11-9-19)24-16-25(29)27(26(30)17-24)33-28(31)32/h6-17,28H,2-5H2,1H3. The zero-order valence-corrected chi connectivity index (χ0v) is 18.3. The number of unbranched alkanes of at least 4 members (excludes halogenated alkanes) is 2. The summed E-state index contributed by atoms with van der Waals surface area (Å²) in [5.41, 5.74) is 4.15. The van der Waals surface area contributed by atoms with Gasteiger partial charge in [-0.2, -0.15) is 8.78 Å². The molecule has 0 bridgehead atoms. The maximum absolute atomic E-state index is 14.1. The summed E-state index contributed by atoms with van der Waals surface area (Å²) in [6, 6.07) is 22.1. The van der Waals surface area contributed by atoms with Gasteiger partial charge in [0.15, 0.2) is 17.4 Å². The second kappa shape index (κ2) is 10.1. The third-order valence-corrected chi connectivity index (χ3v) is 5.73. The van der Waals surface area contributed by atoms with E-state index in [9.17, 15) is 17.6 Å². The van der Waals surface area contributed by atoms with Crippen molar-refractivity contribution in [3.8, 4) is 28.0 Å². The predicted octanol–water partition coefficient (Wildman–Crippen LogP) is 8.79. The van der Waals surface area contributed by atoms with Crippen molar-refractivity contribution in [2.75, 3.05) is 0 Å². The lowest BCUT2D eigenvalue weighted by Gasteiger charge is -2.10. The average Bonchev–Trinajstić information content (AvgIpc) is 2.81. The number of aryl methyl sites for hydroxylation is 1. The fourth-order valence-corrected chi connectivity index (χ4v) is 3.99. The molecule has 0 aliphatic rings. The Morgan fingerprint density at radius 1 is 0.667 bits per heavy atom. The van der Waals surface area contributed by atoms with E-state index in [2.05, 4.69) is 48.1 Å². The quantitative estimate of drug-likeness (QED) is 0.192. The number of ether oxygens (including phenoxy) is 1. The Labute approximate surface area is 190 Å². The minimum atomic E-state index is -3.30. The largest absolute Gasteiger partial charge is 0.429 e. The molecule has 0 radical (unpaired) electrons. The normalized spacial score (nSPS) is 11.3. The lowest BCUT2D eigenvalue weighted by Crippen LogP contribution is -2.06. The van der Waals surface area contributed by atoms with Crippen molar-refractivity contribution in [3.63, 3.8) is 0 Å². The van der Waals surface area contributed by atoms with Crippen LogP contribution in [0.2, 0.25) is 0 Å². The third kappa shape index (κ3) is 5.36. The van der Waals surface area contributed by atoms with E-state index >= 15 is 0 Å². The molecule has 33 heavy (non-hydrogen) atoms. The molecule has 0 saturated heterocycles. The Hall–Kier alpha value is -3.34. The fourth-order valence-electron chi connectivity index (χ4n) is 3.99. The summed E-state index contributed by atoms with van der Waals surface area (Å²) in [6.07, 6.45) is 4.73. The maximum atomic E-state index is 14.1. The first-order valence-electron chi connectivity index (χ1n) is 11.0. The topological polar surface area (TPSA) is 9.23 Å². The molecule has 0 amide bonds. The molecule has 0 spiro atoms. The summed E-state index contributed by atoms with van der Waals surface area (Å²) in [4.78, 5) is 0. The SMILES string of the molecule is CCCCCc1ccc2cc(-c3ccc(-c4cc(F)c(OC(F)F)c(F)c4)cc3)ccc2c1. The van der Waals surface area contributed by atoms with Crippen LogP contribution in [0.5, 0.6) is 5.75 Å². The highest BCUT2D eigenvalue weighted by atomic mass is 19.3. The highest BCUT2D eigenvalue weighted by Crippen LogP contribution is 2.32. The third-order valence-electron chi connectivity index (χ3n) is 5.73. The molecule has 170 valence electrons. The monoisotopic (exact) mass is 452 g/mol. The summed E-state index contributed by atoms with van der Waals surface area (Å²) >= 11 is 0. The van der Waals surface area contributed by atoms with Crippen LogP contribution in [0.3, 0.4) is 0 Å². The van der Waals surface area contributed by atoms with E-state index in [1.165, 1.54) is 30.2 Å². The molecule has 1 nitrogen and oxygen atoms in total. The number of alkyl halides is 2. The maximum Gasteiger partial charge on any atom is 0.387 e. The Bertz CT molecular complexity index is 1230. The number of benzene rings is 4. The van der Waals surface area contributed by atoms with Crippen molar-refractivity contribution < 1.29 is 22.3 Å². The first-order chi connectivity index (χ1) is 15.9. The van der Waals surface area contributed by atoms with E-state index < -0.39 is 24.0 Å². The van der Waals surface area contributed by atoms with Gasteiger partial charge in [0.2, 0.25) is 0 Å². The van der Waals surface area contributed by atoms with Gasteiger partial charge in [-0.1, -0.05) is 74.4 Å². The van der Waals surface area contributed by atoms with Gasteiger partial charge in [-0.25, -0.2) is 8.78 Å². The molecular formula is C28H24F4O. The van der Waals surface area contributed by atoms with Gasteiger partial charge < -0.3 is 4.74 Å². The summed E-state index contributed by atoms with van der Waals surface area (Å²) < 4.78 is 56.7. The van der Waals surface area contributed by atoms with Crippen LogP contribution in [0, 0.1) is 11.6 Å². The lowest BCUT2D eigenvalue weighted by atomic mass is 9.97. The Kier molecular flexibility index (Phi) is 6.97. The van der Waals surface area contributed by atoms with Crippen molar-refractivity contribution in [2.24, 2.45) is 0 Å². The van der Waals surface area contributed by atoms with Gasteiger partial charge in [-0.15, -0.1) is 0 Å². The molecule has 0 saturated carbocycles. The van der Waals surface area contributed by atoms with Crippen molar-refractivity contribution in [1.29, 1.82) is 0 Å². The number of halogens is 4. The van der Waals surface area contributed by atoms with Crippen LogP contribution in [0.1, 0.15) is 31.7 Å². The van der Waals surface area contributed by atoms with Crippen LogP contribution in [0.25, 0.3) is 33.0 Å². The van der Waals surface area contributed by atoms with Crippen molar-refractivity contribution in [2.45, 2.75) is 39.2 Å². The number of hydrogen-bond acceptors (Lipinski definition) is 1. The second-order valence-electron chi connectivity index (χ2n) is 8.08. The van der Waals surface area contributed by atoms with E-state index in [-0.39, 0.29) is 5.56 Å². The lowest BCUT2D eigenvalue weighted by molar-refractivity contribution is -0.0546. The van der Waals surface area contributed by atoms with Gasteiger partial charge >= 0.3 is 6.61 Å². The molecule has 0 fully saturated rings. The van der Waals surface area contributed by atoms with Crippen molar-refractivity contribution >= 4 is 10.8 Å². The van der Waals surface area contributed by atoms with Crippen LogP contribution >= 0.6 is 0 Å². The van der Waals surface area contributed by atoms with Crippen molar-refractivity contribution in [1.82, 2.24) is 0 Å². The second-order valence-corrected chi connectivity index (χ2v) is 8.08. The number of rotatable bonds is 8. The van der Waals surface area contributed by atoms with Gasteiger partial charge in [-0.05, 0) is 69.6 Å². The van der Waals surface area contributed by atoms with Crippen LogP contribution in [0.4, 0.5) is 17.6 Å². The van der Waals surface area contributed by atoms with Gasteiger partial charge in [0.1, 0.15) is 0 Å². The van der Waals surface area contributed by atoms with Crippen molar-refractivity contribution in [3.05, 3.63) is 90.0 Å². The zero-order valence-electron chi connectivity index (χ0n) is 18.3. The molecule has 4 aromatic rings. The molecule has 0 unspecified atom stereocenters. The molecule has 0 aromatic heterocycles. The highest BCUT2D eigenvalue weighted by Gasteiger charge is 2.17. The highest BCUT2D eigenvalue weighted by molar-refractivity contribution is 5.88. The minimum Gasteiger partial charge on any atom is -0.429 e. The van der Waals surface area contributed by atoms with Gasteiger partial charge in [0, 0.05) is 0 Å². The number of hydrogen-bond donors (Lipinski definition) is 0. The smallest absolute Gasteiger partial charge is 0.387 e. The zero-order chi connectivity index (χ0) is 23.4. The van der Waals surface area contributed by atoms with E-state index in [0.29, 0.717) is 5.56 Å². The molecule has 0 aliphatic heterocycles. The van der Waals surface area contributed by atoms with E-state index in [4.69, 9.17) is 0 Å². The molecule has 0 atom stereocenters. The Balaban J connectivity index is 1.56. The molecule has 0 aliphatic carbocycles. The predicted molar refractivity (Wildman–Crippen MR) is 125 cm³/mol. The van der Waals surface area contributed by atoms with E-state index in [1.54, 1.807) is 12.1 Å². The van der Waals surface area contributed by atoms with Gasteiger partial charge in [-0.3, -0.25) is 0 Å². The summed E-state index contributed by atoms with van der Waals surface area (Å²) in [5.74, 6) is -3.41. The van der Waals surface area contributed by atoms with E-state index in [0.717, 1.165) is 35.1 Å². The van der Waals surface area contributed by atoms with Crippen LogP contribution < -0.4 is 4.74 Å². The van der Waals surface area contributed by atoms with E-state index in [1.807, 2.05) is 12.1 Å². The van der Waals surface area contributed by atoms with Gasteiger partial charge in [0.05, 0.1) is 0 Å². The van der Waals surface area contributed by atoms with Crippen LogP contribution in [-0.4, -0.2) is 6.61 Å². The Morgan fingerprint density at radius 3 is 1.88 bits per heavy atom. The fraction of sp³-hybridized carbons (Fsp3) is 0.214. The Morgan fingerprint density at radius 2 is 1.24 bits per heavy atom. The molecule has 0 N–H and O–H groups in total. The first kappa shape index (κ1) is 22.8. The molecule has 4 aromatic carbocycles. The summed E-state index contributed by atoms with van der Waals surface area (Å²) in [6.45, 7) is -1.10. The molecular weight excluding hydrogens is 428 g/mol. The molecule has 0 heterocycles. The first-order valence-corrected chi connectivity index (χ1v) is 11.0.